The Bertz CT molecular complexity index is 1630. The van der Waals surface area contributed by atoms with Crippen LogP contribution in [0, 0.1) is 0 Å². The van der Waals surface area contributed by atoms with E-state index in [-0.39, 0.29) is 11.7 Å². The number of hydrogen-bond acceptors (Lipinski definition) is 5. The van der Waals surface area contributed by atoms with Crippen molar-refractivity contribution in [2.75, 3.05) is 0 Å². The van der Waals surface area contributed by atoms with Crippen molar-refractivity contribution in [2.45, 2.75) is 51.2 Å². The smallest absolute Gasteiger partial charge is 0.333 e. The van der Waals surface area contributed by atoms with E-state index in [4.69, 9.17) is 15.1 Å². The molecule has 0 N–H and O–H groups in total. The summed E-state index contributed by atoms with van der Waals surface area (Å²) in [5.74, 6) is 1.52. The summed E-state index contributed by atoms with van der Waals surface area (Å²) in [6.45, 7) is 4.66. The predicted octanol–water partition coefficient (Wildman–Crippen LogP) is 6.36. The summed E-state index contributed by atoms with van der Waals surface area (Å²) in [4.78, 5) is 18.0. The molecule has 1 aliphatic rings. The number of aromatic nitrogens is 7. The molecule has 0 unspecified atom stereocenters. The van der Waals surface area contributed by atoms with E-state index in [9.17, 15) is 13.2 Å². The third-order valence-corrected chi connectivity index (χ3v) is 6.82. The van der Waals surface area contributed by atoms with Gasteiger partial charge in [-0.25, -0.2) is 19.6 Å². The van der Waals surface area contributed by atoms with Crippen LogP contribution < -0.4 is 0 Å². The number of pyridine rings is 1. The third kappa shape index (κ3) is 4.44. The van der Waals surface area contributed by atoms with Crippen LogP contribution in [0.1, 0.15) is 61.2 Å². The number of aryl methyl sites for hydroxylation is 1. The van der Waals surface area contributed by atoms with Crippen LogP contribution in [0.4, 0.5) is 13.2 Å². The predicted molar refractivity (Wildman–Crippen MR) is 137 cm³/mol. The molecular weight excluding hydrogens is 491 g/mol. The molecule has 1 fully saturated rings. The molecule has 38 heavy (non-hydrogen) atoms. The minimum absolute atomic E-state index is 0.224. The fourth-order valence-electron chi connectivity index (χ4n) is 4.75. The normalized spacial score (nSPS) is 14.1. The average Bonchev–Trinajstić information content (AvgIpc) is 3.57. The summed E-state index contributed by atoms with van der Waals surface area (Å²) in [6.07, 6.45) is 2.38. The second kappa shape index (κ2) is 9.04. The SMILES string of the molecule is CC(C)c1ncccc1-c1ncc2c(C3CC3)nn(Cc3ccc(-c4nc(C(F)(F)F)cn4C)cc3)c2n1. The lowest BCUT2D eigenvalue weighted by Crippen LogP contribution is -2.05. The maximum Gasteiger partial charge on any atom is 0.434 e. The Labute approximate surface area is 217 Å². The number of hydrogen-bond donors (Lipinski definition) is 0. The largest absolute Gasteiger partial charge is 0.434 e. The molecule has 4 aromatic heterocycles. The summed E-state index contributed by atoms with van der Waals surface area (Å²) in [5, 5.41) is 5.88. The van der Waals surface area contributed by atoms with Gasteiger partial charge < -0.3 is 4.57 Å². The molecule has 194 valence electrons. The van der Waals surface area contributed by atoms with Crippen molar-refractivity contribution in [3.8, 4) is 22.8 Å². The first-order valence-corrected chi connectivity index (χ1v) is 12.6. The van der Waals surface area contributed by atoms with Crippen LogP contribution in [0.3, 0.4) is 0 Å². The molecule has 0 aliphatic heterocycles. The van der Waals surface area contributed by atoms with Crippen LogP contribution in [0.2, 0.25) is 0 Å². The highest BCUT2D eigenvalue weighted by atomic mass is 19.4. The molecule has 5 aromatic rings. The van der Waals surface area contributed by atoms with Gasteiger partial charge in [0.05, 0.1) is 23.3 Å². The van der Waals surface area contributed by atoms with Gasteiger partial charge in [-0.05, 0) is 36.5 Å². The van der Waals surface area contributed by atoms with Crippen molar-refractivity contribution < 1.29 is 13.2 Å². The molecule has 7 nitrogen and oxygen atoms in total. The Morgan fingerprint density at radius 2 is 1.79 bits per heavy atom. The fourth-order valence-corrected chi connectivity index (χ4v) is 4.75. The van der Waals surface area contributed by atoms with Crippen molar-refractivity contribution >= 4 is 11.0 Å². The van der Waals surface area contributed by atoms with Gasteiger partial charge in [0, 0.05) is 42.7 Å². The number of rotatable bonds is 6. The lowest BCUT2D eigenvalue weighted by molar-refractivity contribution is -0.140. The maximum atomic E-state index is 13.1. The summed E-state index contributed by atoms with van der Waals surface area (Å²) < 4.78 is 42.6. The second-order valence-electron chi connectivity index (χ2n) is 10.1. The van der Waals surface area contributed by atoms with Gasteiger partial charge >= 0.3 is 6.18 Å². The van der Waals surface area contributed by atoms with Gasteiger partial charge in [-0.3, -0.25) is 4.98 Å². The first-order chi connectivity index (χ1) is 18.2. The van der Waals surface area contributed by atoms with Crippen molar-refractivity contribution in [3.63, 3.8) is 0 Å². The van der Waals surface area contributed by atoms with Crippen LogP contribution in [0.25, 0.3) is 33.8 Å². The van der Waals surface area contributed by atoms with E-state index in [0.29, 0.717) is 23.9 Å². The molecule has 1 aliphatic carbocycles. The van der Waals surface area contributed by atoms with Gasteiger partial charge in [-0.2, -0.15) is 18.3 Å². The van der Waals surface area contributed by atoms with Gasteiger partial charge in [-0.1, -0.05) is 38.1 Å². The Hall–Kier alpha value is -4.08. The standard InChI is InChI=1S/C28H26F3N7/c1-16(2)23-20(5-4-12-32-23)25-33-13-21-24(18-10-11-18)36-38(27(21)35-25)14-17-6-8-19(9-7-17)26-34-22(15-37(26)3)28(29,30)31/h4-9,12-13,15-16,18H,10-11,14H2,1-3H3. The molecule has 6 rings (SSSR count). The molecule has 0 saturated heterocycles. The first kappa shape index (κ1) is 24.3. The van der Waals surface area contributed by atoms with Gasteiger partial charge in [0.1, 0.15) is 5.82 Å². The molecular formula is C28H26F3N7. The van der Waals surface area contributed by atoms with Crippen molar-refractivity contribution in [2.24, 2.45) is 7.05 Å². The fraction of sp³-hybridized carbons (Fsp3) is 0.321. The van der Waals surface area contributed by atoms with E-state index in [1.54, 1.807) is 25.4 Å². The zero-order valence-electron chi connectivity index (χ0n) is 21.2. The third-order valence-electron chi connectivity index (χ3n) is 6.82. The quantitative estimate of drug-likeness (QED) is 0.262. The number of nitrogens with zero attached hydrogens (tertiary/aromatic N) is 7. The molecule has 0 amide bonds. The van der Waals surface area contributed by atoms with Crippen molar-refractivity contribution in [3.05, 3.63) is 77.6 Å². The molecule has 10 heteroatoms. The summed E-state index contributed by atoms with van der Waals surface area (Å²) in [5.41, 5.74) is 4.29. The second-order valence-corrected chi connectivity index (χ2v) is 10.1. The van der Waals surface area contributed by atoms with E-state index in [1.165, 1.54) is 4.57 Å². The molecule has 1 aromatic carbocycles. The van der Waals surface area contributed by atoms with Crippen molar-refractivity contribution in [1.82, 2.24) is 34.3 Å². The van der Waals surface area contributed by atoms with Crippen molar-refractivity contribution in [1.29, 1.82) is 0 Å². The minimum Gasteiger partial charge on any atom is -0.333 e. The maximum absolute atomic E-state index is 13.1. The Balaban J connectivity index is 1.35. The highest BCUT2D eigenvalue weighted by Gasteiger charge is 2.34. The molecule has 1 saturated carbocycles. The van der Waals surface area contributed by atoms with Crippen LogP contribution in [-0.4, -0.2) is 34.3 Å². The summed E-state index contributed by atoms with van der Waals surface area (Å²) >= 11 is 0. The molecule has 4 heterocycles. The summed E-state index contributed by atoms with van der Waals surface area (Å²) in [7, 11) is 1.56. The Morgan fingerprint density at radius 3 is 2.45 bits per heavy atom. The molecule has 0 radical (unpaired) electrons. The van der Waals surface area contributed by atoms with Gasteiger partial charge in [0.25, 0.3) is 0 Å². The van der Waals surface area contributed by atoms with E-state index in [0.717, 1.165) is 52.6 Å². The number of fused-ring (bicyclic) bond motifs is 1. The topological polar surface area (TPSA) is 74.3 Å². The Kier molecular flexibility index (Phi) is 5.77. The van der Waals surface area contributed by atoms with Crippen LogP contribution in [0.15, 0.2) is 55.0 Å². The summed E-state index contributed by atoms with van der Waals surface area (Å²) in [6, 6.07) is 11.2. The lowest BCUT2D eigenvalue weighted by atomic mass is 10.0. The minimum atomic E-state index is -4.48. The highest BCUT2D eigenvalue weighted by molar-refractivity contribution is 5.80. The number of halogens is 3. The average molecular weight is 518 g/mol. The highest BCUT2D eigenvalue weighted by Crippen LogP contribution is 2.42. The van der Waals surface area contributed by atoms with E-state index >= 15 is 0 Å². The van der Waals surface area contributed by atoms with Gasteiger partial charge in [0.2, 0.25) is 0 Å². The van der Waals surface area contributed by atoms with E-state index < -0.39 is 11.9 Å². The molecule has 0 spiro atoms. The number of benzene rings is 1. The van der Waals surface area contributed by atoms with Crippen LogP contribution in [0.5, 0.6) is 0 Å². The van der Waals surface area contributed by atoms with E-state index in [2.05, 4.69) is 23.8 Å². The molecule has 0 atom stereocenters. The molecule has 0 bridgehead atoms. The van der Waals surface area contributed by atoms with Crippen LogP contribution in [-0.2, 0) is 19.8 Å². The number of alkyl halides is 3. The monoisotopic (exact) mass is 517 g/mol. The van der Waals surface area contributed by atoms with Gasteiger partial charge in [0.15, 0.2) is 17.2 Å². The van der Waals surface area contributed by atoms with E-state index in [1.807, 2.05) is 35.1 Å². The first-order valence-electron chi connectivity index (χ1n) is 12.6. The lowest BCUT2D eigenvalue weighted by Gasteiger charge is -2.10. The zero-order chi connectivity index (χ0) is 26.6. The number of imidazole rings is 1. The van der Waals surface area contributed by atoms with Crippen LogP contribution >= 0.6 is 0 Å². The zero-order valence-corrected chi connectivity index (χ0v) is 21.2. The Morgan fingerprint density at radius 1 is 1.03 bits per heavy atom. The van der Waals surface area contributed by atoms with Gasteiger partial charge in [-0.15, -0.1) is 0 Å².